The SMILES string of the molecule is CC(=O)c1ccc(NC(C)C(C)(C)C)cc1. The van der Waals surface area contributed by atoms with E-state index >= 15 is 0 Å². The fourth-order valence-electron chi connectivity index (χ4n) is 1.27. The molecule has 1 unspecified atom stereocenters. The lowest BCUT2D eigenvalue weighted by atomic mass is 9.88. The summed E-state index contributed by atoms with van der Waals surface area (Å²) in [7, 11) is 0. The molecule has 88 valence electrons. The standard InChI is InChI=1S/C14H21NO/c1-10(16)12-6-8-13(9-7-12)15-11(2)14(3,4)5/h6-9,11,15H,1-5H3. The molecule has 0 saturated heterocycles. The third-order valence-electron chi connectivity index (χ3n) is 2.97. The predicted molar refractivity (Wildman–Crippen MR) is 69.0 cm³/mol. The molecule has 2 nitrogen and oxygen atoms in total. The molecule has 0 amide bonds. The van der Waals surface area contributed by atoms with Gasteiger partial charge in [-0.25, -0.2) is 0 Å². The first-order chi connectivity index (χ1) is 7.30. The van der Waals surface area contributed by atoms with Crippen LogP contribution in [0.2, 0.25) is 0 Å². The second-order valence-electron chi connectivity index (χ2n) is 5.37. The van der Waals surface area contributed by atoms with Gasteiger partial charge in [0.05, 0.1) is 0 Å². The molecule has 1 aromatic rings. The van der Waals surface area contributed by atoms with Crippen LogP contribution in [0.1, 0.15) is 45.0 Å². The topological polar surface area (TPSA) is 29.1 Å². The van der Waals surface area contributed by atoms with E-state index in [9.17, 15) is 4.79 Å². The molecule has 1 N–H and O–H groups in total. The number of carbonyl (C=O) groups excluding carboxylic acids is 1. The first kappa shape index (κ1) is 12.8. The van der Waals surface area contributed by atoms with Gasteiger partial charge >= 0.3 is 0 Å². The minimum Gasteiger partial charge on any atom is -0.382 e. The van der Waals surface area contributed by atoms with Gasteiger partial charge in [0, 0.05) is 17.3 Å². The van der Waals surface area contributed by atoms with Crippen molar-refractivity contribution in [3.63, 3.8) is 0 Å². The number of ketones is 1. The highest BCUT2D eigenvalue weighted by atomic mass is 16.1. The van der Waals surface area contributed by atoms with E-state index in [4.69, 9.17) is 0 Å². The highest BCUT2D eigenvalue weighted by molar-refractivity contribution is 5.94. The Kier molecular flexibility index (Phi) is 3.74. The van der Waals surface area contributed by atoms with Gasteiger partial charge in [-0.2, -0.15) is 0 Å². The number of nitrogens with one attached hydrogen (secondary N) is 1. The third-order valence-corrected chi connectivity index (χ3v) is 2.97. The zero-order valence-corrected chi connectivity index (χ0v) is 10.8. The van der Waals surface area contributed by atoms with E-state index < -0.39 is 0 Å². The summed E-state index contributed by atoms with van der Waals surface area (Å²) in [6.07, 6.45) is 0. The quantitative estimate of drug-likeness (QED) is 0.785. The molecular formula is C14H21NO. The molecule has 0 bridgehead atoms. The molecule has 0 spiro atoms. The molecule has 0 saturated carbocycles. The van der Waals surface area contributed by atoms with Crippen molar-refractivity contribution in [3.8, 4) is 0 Å². The Morgan fingerprint density at radius 1 is 1.19 bits per heavy atom. The maximum atomic E-state index is 11.1. The number of benzene rings is 1. The van der Waals surface area contributed by atoms with E-state index in [0.29, 0.717) is 6.04 Å². The van der Waals surface area contributed by atoms with Gasteiger partial charge in [-0.05, 0) is 43.5 Å². The van der Waals surface area contributed by atoms with E-state index in [0.717, 1.165) is 11.3 Å². The molecule has 1 rings (SSSR count). The number of hydrogen-bond acceptors (Lipinski definition) is 2. The van der Waals surface area contributed by atoms with Gasteiger partial charge in [-0.1, -0.05) is 20.8 Å². The molecule has 1 atom stereocenters. The fourth-order valence-corrected chi connectivity index (χ4v) is 1.27. The van der Waals surface area contributed by atoms with Gasteiger partial charge in [0.2, 0.25) is 0 Å². The summed E-state index contributed by atoms with van der Waals surface area (Å²) >= 11 is 0. The lowest BCUT2D eigenvalue weighted by Crippen LogP contribution is -2.30. The maximum absolute atomic E-state index is 11.1. The Labute approximate surface area is 98.1 Å². The molecule has 1 aromatic carbocycles. The summed E-state index contributed by atoms with van der Waals surface area (Å²) in [4.78, 5) is 11.1. The largest absolute Gasteiger partial charge is 0.382 e. The summed E-state index contributed by atoms with van der Waals surface area (Å²) < 4.78 is 0. The number of anilines is 1. The first-order valence-corrected chi connectivity index (χ1v) is 5.68. The Bertz CT molecular complexity index is 359. The smallest absolute Gasteiger partial charge is 0.159 e. The minimum atomic E-state index is 0.107. The van der Waals surface area contributed by atoms with E-state index in [1.807, 2.05) is 24.3 Å². The zero-order valence-electron chi connectivity index (χ0n) is 10.8. The summed E-state index contributed by atoms with van der Waals surface area (Å²) in [6.45, 7) is 10.4. The van der Waals surface area contributed by atoms with Crippen molar-refractivity contribution in [1.29, 1.82) is 0 Å². The van der Waals surface area contributed by atoms with Crippen molar-refractivity contribution in [2.45, 2.75) is 40.7 Å². The highest BCUT2D eigenvalue weighted by Crippen LogP contribution is 2.22. The Balaban J connectivity index is 2.73. The lowest BCUT2D eigenvalue weighted by molar-refractivity contribution is 0.101. The summed E-state index contributed by atoms with van der Waals surface area (Å²) in [5.41, 5.74) is 2.04. The van der Waals surface area contributed by atoms with Crippen molar-refractivity contribution >= 4 is 11.5 Å². The van der Waals surface area contributed by atoms with Gasteiger partial charge in [-0.3, -0.25) is 4.79 Å². The average Bonchev–Trinajstić information content (AvgIpc) is 2.17. The Morgan fingerprint density at radius 2 is 1.69 bits per heavy atom. The minimum absolute atomic E-state index is 0.107. The van der Waals surface area contributed by atoms with Crippen LogP contribution in [-0.2, 0) is 0 Å². The van der Waals surface area contributed by atoms with Crippen molar-refractivity contribution in [1.82, 2.24) is 0 Å². The zero-order chi connectivity index (χ0) is 12.3. The molecular weight excluding hydrogens is 198 g/mol. The van der Waals surface area contributed by atoms with Crippen LogP contribution in [0.5, 0.6) is 0 Å². The number of hydrogen-bond donors (Lipinski definition) is 1. The van der Waals surface area contributed by atoms with Crippen molar-refractivity contribution in [2.24, 2.45) is 5.41 Å². The number of rotatable bonds is 3. The van der Waals surface area contributed by atoms with Crippen LogP contribution in [0, 0.1) is 5.41 Å². The molecule has 0 heterocycles. The van der Waals surface area contributed by atoms with E-state index in [1.54, 1.807) is 6.92 Å². The van der Waals surface area contributed by atoms with Crippen LogP contribution in [0.3, 0.4) is 0 Å². The summed E-state index contributed by atoms with van der Waals surface area (Å²) in [6, 6.07) is 8.02. The Hall–Kier alpha value is -1.31. The fraction of sp³-hybridized carbons (Fsp3) is 0.500. The third kappa shape index (κ3) is 3.37. The van der Waals surface area contributed by atoms with Crippen LogP contribution < -0.4 is 5.32 Å². The molecule has 0 aliphatic rings. The van der Waals surface area contributed by atoms with Gasteiger partial charge in [0.25, 0.3) is 0 Å². The van der Waals surface area contributed by atoms with Gasteiger partial charge in [0.15, 0.2) is 5.78 Å². The molecule has 0 aliphatic heterocycles. The number of Topliss-reactive ketones (excluding diaryl/α,β-unsaturated/α-hetero) is 1. The average molecular weight is 219 g/mol. The summed E-state index contributed by atoms with van der Waals surface area (Å²) in [5, 5.41) is 3.44. The van der Waals surface area contributed by atoms with Crippen LogP contribution in [0.25, 0.3) is 0 Å². The molecule has 16 heavy (non-hydrogen) atoms. The highest BCUT2D eigenvalue weighted by Gasteiger charge is 2.19. The molecule has 2 heteroatoms. The van der Waals surface area contributed by atoms with Crippen molar-refractivity contribution in [3.05, 3.63) is 29.8 Å². The van der Waals surface area contributed by atoms with Crippen molar-refractivity contribution < 1.29 is 4.79 Å². The second kappa shape index (κ2) is 4.69. The predicted octanol–water partition coefficient (Wildman–Crippen LogP) is 3.74. The van der Waals surface area contributed by atoms with Crippen LogP contribution in [0.4, 0.5) is 5.69 Å². The molecule has 0 fully saturated rings. The summed E-state index contributed by atoms with van der Waals surface area (Å²) in [5.74, 6) is 0.107. The molecule has 0 aromatic heterocycles. The van der Waals surface area contributed by atoms with Gasteiger partial charge in [-0.15, -0.1) is 0 Å². The van der Waals surface area contributed by atoms with Gasteiger partial charge in [0.1, 0.15) is 0 Å². The van der Waals surface area contributed by atoms with Crippen LogP contribution >= 0.6 is 0 Å². The van der Waals surface area contributed by atoms with Crippen LogP contribution in [-0.4, -0.2) is 11.8 Å². The van der Waals surface area contributed by atoms with Crippen LogP contribution in [0.15, 0.2) is 24.3 Å². The Morgan fingerprint density at radius 3 is 2.06 bits per heavy atom. The van der Waals surface area contributed by atoms with E-state index in [2.05, 4.69) is 33.0 Å². The lowest BCUT2D eigenvalue weighted by Gasteiger charge is -2.29. The molecule has 0 radical (unpaired) electrons. The molecule has 0 aliphatic carbocycles. The normalized spacial score (nSPS) is 13.3. The van der Waals surface area contributed by atoms with Gasteiger partial charge < -0.3 is 5.32 Å². The van der Waals surface area contributed by atoms with E-state index in [-0.39, 0.29) is 11.2 Å². The van der Waals surface area contributed by atoms with E-state index in [1.165, 1.54) is 0 Å². The second-order valence-corrected chi connectivity index (χ2v) is 5.37. The van der Waals surface area contributed by atoms with Crippen molar-refractivity contribution in [2.75, 3.05) is 5.32 Å². The first-order valence-electron chi connectivity index (χ1n) is 5.68. The maximum Gasteiger partial charge on any atom is 0.159 e. The number of carbonyl (C=O) groups is 1. The monoisotopic (exact) mass is 219 g/mol.